The standard InChI is InChI=1S/C12H19N3O/c16-12(14-9-10-6-7-13-8-10)15-11-4-2-1-3-5-11/h6-8,11,13H,1-5,9H2,(H2,14,15,16). The van der Waals surface area contributed by atoms with Crippen LogP contribution >= 0.6 is 0 Å². The van der Waals surface area contributed by atoms with E-state index in [4.69, 9.17) is 0 Å². The number of carbonyl (C=O) groups is 1. The van der Waals surface area contributed by atoms with Gasteiger partial charge in [-0.25, -0.2) is 4.79 Å². The average Bonchev–Trinajstić information content (AvgIpc) is 2.81. The number of urea groups is 1. The zero-order valence-electron chi connectivity index (χ0n) is 9.46. The maximum atomic E-state index is 11.6. The first-order chi connectivity index (χ1) is 7.84. The molecule has 16 heavy (non-hydrogen) atoms. The van der Waals surface area contributed by atoms with Crippen molar-refractivity contribution in [2.45, 2.75) is 44.7 Å². The Bertz CT molecular complexity index is 315. The van der Waals surface area contributed by atoms with E-state index in [1.807, 2.05) is 18.5 Å². The third kappa shape index (κ3) is 3.29. The minimum Gasteiger partial charge on any atom is -0.367 e. The molecule has 0 atom stereocenters. The molecule has 1 aromatic rings. The van der Waals surface area contributed by atoms with E-state index in [-0.39, 0.29) is 6.03 Å². The van der Waals surface area contributed by atoms with Crippen LogP contribution in [0.1, 0.15) is 37.7 Å². The van der Waals surface area contributed by atoms with Crippen molar-refractivity contribution in [2.24, 2.45) is 0 Å². The largest absolute Gasteiger partial charge is 0.367 e. The topological polar surface area (TPSA) is 56.9 Å². The predicted molar refractivity (Wildman–Crippen MR) is 63.0 cm³/mol. The lowest BCUT2D eigenvalue weighted by Crippen LogP contribution is -2.42. The molecule has 0 aliphatic heterocycles. The van der Waals surface area contributed by atoms with E-state index in [1.54, 1.807) is 0 Å². The van der Waals surface area contributed by atoms with Crippen LogP contribution in [0.25, 0.3) is 0 Å². The van der Waals surface area contributed by atoms with Crippen LogP contribution in [0, 0.1) is 0 Å². The number of aromatic nitrogens is 1. The van der Waals surface area contributed by atoms with Crippen LogP contribution in [-0.4, -0.2) is 17.1 Å². The quantitative estimate of drug-likeness (QED) is 0.719. The van der Waals surface area contributed by atoms with Crippen molar-refractivity contribution in [1.82, 2.24) is 15.6 Å². The summed E-state index contributed by atoms with van der Waals surface area (Å²) in [6.45, 7) is 0.585. The normalized spacial score (nSPS) is 17.0. The molecular weight excluding hydrogens is 202 g/mol. The average molecular weight is 221 g/mol. The highest BCUT2D eigenvalue weighted by Crippen LogP contribution is 2.17. The van der Waals surface area contributed by atoms with E-state index in [2.05, 4.69) is 15.6 Å². The molecule has 3 N–H and O–H groups in total. The summed E-state index contributed by atoms with van der Waals surface area (Å²) in [5.74, 6) is 0. The lowest BCUT2D eigenvalue weighted by molar-refractivity contribution is 0.232. The zero-order valence-corrected chi connectivity index (χ0v) is 9.46. The van der Waals surface area contributed by atoms with Gasteiger partial charge in [-0.1, -0.05) is 19.3 Å². The van der Waals surface area contributed by atoms with Gasteiger partial charge in [-0.05, 0) is 24.5 Å². The van der Waals surface area contributed by atoms with Gasteiger partial charge in [-0.3, -0.25) is 0 Å². The highest BCUT2D eigenvalue weighted by Gasteiger charge is 2.15. The van der Waals surface area contributed by atoms with Crippen molar-refractivity contribution < 1.29 is 4.79 Å². The molecular formula is C12H19N3O. The van der Waals surface area contributed by atoms with Gasteiger partial charge >= 0.3 is 6.03 Å². The molecule has 2 rings (SSSR count). The predicted octanol–water partition coefficient (Wildman–Crippen LogP) is 2.15. The summed E-state index contributed by atoms with van der Waals surface area (Å²) >= 11 is 0. The number of rotatable bonds is 3. The molecule has 1 aromatic heterocycles. The van der Waals surface area contributed by atoms with E-state index in [1.165, 1.54) is 19.3 Å². The van der Waals surface area contributed by atoms with Crippen molar-refractivity contribution in [3.63, 3.8) is 0 Å². The lowest BCUT2D eigenvalue weighted by atomic mass is 9.96. The molecule has 1 aliphatic rings. The molecule has 0 radical (unpaired) electrons. The van der Waals surface area contributed by atoms with Crippen molar-refractivity contribution in [3.05, 3.63) is 24.0 Å². The molecule has 0 saturated heterocycles. The summed E-state index contributed by atoms with van der Waals surface area (Å²) in [6, 6.07) is 2.29. The third-order valence-corrected chi connectivity index (χ3v) is 3.06. The maximum absolute atomic E-state index is 11.6. The van der Waals surface area contributed by atoms with Gasteiger partial charge in [0.25, 0.3) is 0 Å². The molecule has 0 bridgehead atoms. The number of nitrogens with one attached hydrogen (secondary N) is 3. The SMILES string of the molecule is O=C(NCc1cc[nH]c1)NC1CCCCC1. The number of carbonyl (C=O) groups excluding carboxylic acids is 1. The third-order valence-electron chi connectivity index (χ3n) is 3.06. The van der Waals surface area contributed by atoms with Crippen LogP contribution in [0.5, 0.6) is 0 Å². The molecule has 0 spiro atoms. The molecule has 1 aliphatic carbocycles. The zero-order chi connectivity index (χ0) is 11.2. The van der Waals surface area contributed by atoms with Gasteiger partial charge in [0.15, 0.2) is 0 Å². The summed E-state index contributed by atoms with van der Waals surface area (Å²) < 4.78 is 0. The highest BCUT2D eigenvalue weighted by molar-refractivity contribution is 5.74. The van der Waals surface area contributed by atoms with Crippen LogP contribution in [0.15, 0.2) is 18.5 Å². The number of amides is 2. The Hall–Kier alpha value is -1.45. The monoisotopic (exact) mass is 221 g/mol. The second-order valence-electron chi connectivity index (χ2n) is 4.38. The van der Waals surface area contributed by atoms with E-state index in [0.29, 0.717) is 12.6 Å². The Kier molecular flexibility index (Phi) is 3.86. The van der Waals surface area contributed by atoms with Gasteiger partial charge < -0.3 is 15.6 Å². The first kappa shape index (κ1) is 11.0. The van der Waals surface area contributed by atoms with Gasteiger partial charge in [-0.15, -0.1) is 0 Å². The molecule has 2 amide bonds. The second-order valence-corrected chi connectivity index (χ2v) is 4.38. The Labute approximate surface area is 95.8 Å². The number of hydrogen-bond donors (Lipinski definition) is 3. The van der Waals surface area contributed by atoms with Gasteiger partial charge in [0.1, 0.15) is 0 Å². The number of hydrogen-bond acceptors (Lipinski definition) is 1. The molecule has 0 unspecified atom stereocenters. The minimum atomic E-state index is -0.0481. The van der Waals surface area contributed by atoms with Crippen LogP contribution < -0.4 is 10.6 Å². The van der Waals surface area contributed by atoms with Crippen molar-refractivity contribution in [3.8, 4) is 0 Å². The van der Waals surface area contributed by atoms with Crippen LogP contribution in [0.4, 0.5) is 4.79 Å². The number of H-pyrrole nitrogens is 1. The molecule has 4 nitrogen and oxygen atoms in total. The Morgan fingerprint density at radius 3 is 2.88 bits per heavy atom. The molecule has 4 heteroatoms. The van der Waals surface area contributed by atoms with E-state index in [9.17, 15) is 4.79 Å². The molecule has 1 fully saturated rings. The Balaban J connectivity index is 1.67. The fourth-order valence-electron chi connectivity index (χ4n) is 2.13. The fourth-order valence-corrected chi connectivity index (χ4v) is 2.13. The molecule has 0 aromatic carbocycles. The van der Waals surface area contributed by atoms with Crippen molar-refractivity contribution in [2.75, 3.05) is 0 Å². The van der Waals surface area contributed by atoms with Gasteiger partial charge in [0.05, 0.1) is 0 Å². The molecule has 1 heterocycles. The van der Waals surface area contributed by atoms with Crippen molar-refractivity contribution in [1.29, 1.82) is 0 Å². The van der Waals surface area contributed by atoms with Gasteiger partial charge in [-0.2, -0.15) is 0 Å². The summed E-state index contributed by atoms with van der Waals surface area (Å²) in [5, 5.41) is 5.88. The minimum absolute atomic E-state index is 0.0481. The Morgan fingerprint density at radius 2 is 2.19 bits per heavy atom. The molecule has 1 saturated carbocycles. The van der Waals surface area contributed by atoms with Crippen LogP contribution in [-0.2, 0) is 6.54 Å². The Morgan fingerprint density at radius 1 is 1.38 bits per heavy atom. The first-order valence-electron chi connectivity index (χ1n) is 6.00. The summed E-state index contributed by atoms with van der Waals surface area (Å²) in [5.41, 5.74) is 1.10. The summed E-state index contributed by atoms with van der Waals surface area (Å²) in [4.78, 5) is 14.5. The summed E-state index contributed by atoms with van der Waals surface area (Å²) in [6.07, 6.45) is 9.78. The van der Waals surface area contributed by atoms with Crippen LogP contribution in [0.2, 0.25) is 0 Å². The van der Waals surface area contributed by atoms with Crippen molar-refractivity contribution >= 4 is 6.03 Å². The second kappa shape index (κ2) is 5.58. The maximum Gasteiger partial charge on any atom is 0.315 e. The van der Waals surface area contributed by atoms with Crippen LogP contribution in [0.3, 0.4) is 0 Å². The first-order valence-corrected chi connectivity index (χ1v) is 6.00. The summed E-state index contributed by atoms with van der Waals surface area (Å²) in [7, 11) is 0. The van der Waals surface area contributed by atoms with Gasteiger partial charge in [0, 0.05) is 25.0 Å². The lowest BCUT2D eigenvalue weighted by Gasteiger charge is -2.22. The molecule has 88 valence electrons. The smallest absolute Gasteiger partial charge is 0.315 e. The van der Waals surface area contributed by atoms with E-state index in [0.717, 1.165) is 18.4 Å². The van der Waals surface area contributed by atoms with E-state index < -0.39 is 0 Å². The van der Waals surface area contributed by atoms with Gasteiger partial charge in [0.2, 0.25) is 0 Å². The number of aromatic amines is 1. The highest BCUT2D eigenvalue weighted by atomic mass is 16.2. The fraction of sp³-hybridized carbons (Fsp3) is 0.583. The van der Waals surface area contributed by atoms with E-state index >= 15 is 0 Å².